The van der Waals surface area contributed by atoms with Gasteiger partial charge in [-0.2, -0.15) is 0 Å². The van der Waals surface area contributed by atoms with Gasteiger partial charge in [-0.15, -0.1) is 5.10 Å². The van der Waals surface area contributed by atoms with E-state index in [4.69, 9.17) is 0 Å². The Morgan fingerprint density at radius 3 is 2.68 bits per heavy atom. The van der Waals surface area contributed by atoms with Crippen molar-refractivity contribution in [2.24, 2.45) is 0 Å². The number of nitrogens with zero attached hydrogens (tertiary/aromatic N) is 5. The van der Waals surface area contributed by atoms with E-state index in [2.05, 4.69) is 53.6 Å². The monoisotopic (exact) mass is 359 g/mol. The van der Waals surface area contributed by atoms with Crippen molar-refractivity contribution in [3.05, 3.63) is 35.4 Å². The maximum absolute atomic E-state index is 12.6. The first kappa shape index (κ1) is 17.9. The van der Waals surface area contributed by atoms with E-state index in [0.29, 0.717) is 11.8 Å². The van der Waals surface area contributed by atoms with Crippen molar-refractivity contribution in [3.8, 4) is 0 Å². The minimum atomic E-state index is 0.0412. The molecule has 1 aromatic heterocycles. The predicted molar refractivity (Wildman–Crippen MR) is 98.4 cm³/mol. The van der Waals surface area contributed by atoms with Crippen LogP contribution in [0.25, 0.3) is 0 Å². The van der Waals surface area contributed by atoms with Gasteiger partial charge >= 0.3 is 0 Å². The van der Waals surface area contributed by atoms with Crippen LogP contribution in [0.2, 0.25) is 0 Å². The van der Waals surface area contributed by atoms with E-state index in [1.165, 1.54) is 30.2 Å². The van der Waals surface area contributed by atoms with Crippen LogP contribution in [0, 0.1) is 6.92 Å². The standard InChI is InChI=1S/C18H25N5OS/c1-13-8-10-15(11-9-13)14(2)22(3)17(24)12-25-18-19-20-21-23(18)16-6-4-5-7-16/h8-11,14,16H,4-7,12H2,1-3H3. The number of amides is 1. The highest BCUT2D eigenvalue weighted by molar-refractivity contribution is 7.99. The van der Waals surface area contributed by atoms with Crippen molar-refractivity contribution < 1.29 is 4.79 Å². The summed E-state index contributed by atoms with van der Waals surface area (Å²) < 4.78 is 1.90. The molecule has 0 saturated heterocycles. The summed E-state index contributed by atoms with van der Waals surface area (Å²) in [6, 6.07) is 8.75. The lowest BCUT2D eigenvalue weighted by Gasteiger charge is -2.25. The number of benzene rings is 1. The lowest BCUT2D eigenvalue weighted by Crippen LogP contribution is -2.31. The average molecular weight is 359 g/mol. The Labute approximate surface area is 153 Å². The molecule has 0 radical (unpaired) electrons. The minimum absolute atomic E-state index is 0.0412. The first-order chi connectivity index (χ1) is 12.1. The predicted octanol–water partition coefficient (Wildman–Crippen LogP) is 3.41. The highest BCUT2D eigenvalue weighted by atomic mass is 32.2. The molecule has 1 aromatic carbocycles. The maximum atomic E-state index is 12.6. The summed E-state index contributed by atoms with van der Waals surface area (Å²) in [6.07, 6.45) is 4.70. The van der Waals surface area contributed by atoms with E-state index in [0.717, 1.165) is 23.6 Å². The Balaban J connectivity index is 1.58. The number of aryl methyl sites for hydroxylation is 1. The van der Waals surface area contributed by atoms with Crippen LogP contribution >= 0.6 is 11.8 Å². The van der Waals surface area contributed by atoms with Gasteiger partial charge in [-0.3, -0.25) is 4.79 Å². The number of hydrogen-bond donors (Lipinski definition) is 0. The topological polar surface area (TPSA) is 63.9 Å². The fourth-order valence-corrected chi connectivity index (χ4v) is 4.04. The largest absolute Gasteiger partial charge is 0.338 e. The van der Waals surface area contributed by atoms with E-state index in [1.54, 1.807) is 4.90 Å². The summed E-state index contributed by atoms with van der Waals surface area (Å²) >= 11 is 1.43. The maximum Gasteiger partial charge on any atom is 0.233 e. The minimum Gasteiger partial charge on any atom is -0.338 e. The van der Waals surface area contributed by atoms with Crippen LogP contribution in [0.5, 0.6) is 0 Å². The molecule has 2 aromatic rings. The molecule has 1 unspecified atom stereocenters. The second kappa shape index (κ2) is 7.99. The fraction of sp³-hybridized carbons (Fsp3) is 0.556. The highest BCUT2D eigenvalue weighted by Crippen LogP contribution is 2.31. The van der Waals surface area contributed by atoms with Crippen LogP contribution in [-0.2, 0) is 4.79 Å². The average Bonchev–Trinajstić information content (AvgIpc) is 3.30. The summed E-state index contributed by atoms with van der Waals surface area (Å²) in [5.41, 5.74) is 2.36. The number of thioether (sulfide) groups is 1. The first-order valence-electron chi connectivity index (χ1n) is 8.79. The zero-order valence-corrected chi connectivity index (χ0v) is 15.9. The molecule has 0 aliphatic heterocycles. The molecule has 1 atom stereocenters. The summed E-state index contributed by atoms with van der Waals surface area (Å²) in [4.78, 5) is 14.4. The van der Waals surface area contributed by atoms with Crippen molar-refractivity contribution in [1.82, 2.24) is 25.1 Å². The van der Waals surface area contributed by atoms with Crippen LogP contribution < -0.4 is 0 Å². The van der Waals surface area contributed by atoms with E-state index in [-0.39, 0.29) is 11.9 Å². The summed E-state index contributed by atoms with van der Waals surface area (Å²) in [5.74, 6) is 0.429. The van der Waals surface area contributed by atoms with Crippen LogP contribution in [-0.4, -0.2) is 43.8 Å². The lowest BCUT2D eigenvalue weighted by molar-refractivity contribution is -0.128. The highest BCUT2D eigenvalue weighted by Gasteiger charge is 2.23. The molecule has 3 rings (SSSR count). The van der Waals surface area contributed by atoms with Gasteiger partial charge in [-0.1, -0.05) is 54.4 Å². The molecule has 1 heterocycles. The Morgan fingerprint density at radius 2 is 2.00 bits per heavy atom. The van der Waals surface area contributed by atoms with E-state index in [9.17, 15) is 4.79 Å². The molecule has 7 heteroatoms. The second-order valence-corrected chi connectivity index (χ2v) is 7.67. The van der Waals surface area contributed by atoms with Gasteiger partial charge < -0.3 is 4.90 Å². The summed E-state index contributed by atoms with van der Waals surface area (Å²) in [7, 11) is 1.85. The smallest absolute Gasteiger partial charge is 0.233 e. The number of rotatable bonds is 6. The summed E-state index contributed by atoms with van der Waals surface area (Å²) in [6.45, 7) is 4.12. The first-order valence-corrected chi connectivity index (χ1v) is 9.77. The van der Waals surface area contributed by atoms with Gasteiger partial charge in [0.05, 0.1) is 17.8 Å². The molecule has 0 N–H and O–H groups in total. The second-order valence-electron chi connectivity index (χ2n) is 6.72. The van der Waals surface area contributed by atoms with Crippen LogP contribution in [0.15, 0.2) is 29.4 Å². The van der Waals surface area contributed by atoms with Crippen molar-refractivity contribution in [2.75, 3.05) is 12.8 Å². The number of hydrogen-bond acceptors (Lipinski definition) is 5. The Hall–Kier alpha value is -1.89. The molecule has 1 aliphatic carbocycles. The van der Waals surface area contributed by atoms with Crippen molar-refractivity contribution in [2.45, 2.75) is 56.8 Å². The van der Waals surface area contributed by atoms with Gasteiger partial charge in [0.2, 0.25) is 11.1 Å². The Bertz CT molecular complexity index is 709. The van der Waals surface area contributed by atoms with Gasteiger partial charge in [-0.25, -0.2) is 4.68 Å². The molecule has 1 aliphatic rings. The van der Waals surface area contributed by atoms with Crippen molar-refractivity contribution in [1.29, 1.82) is 0 Å². The van der Waals surface area contributed by atoms with Gasteiger partial charge in [0.15, 0.2) is 0 Å². The molecule has 0 bridgehead atoms. The quantitative estimate of drug-likeness (QED) is 0.740. The molecule has 1 amide bonds. The number of carbonyl (C=O) groups is 1. The van der Waals surface area contributed by atoms with Crippen LogP contribution in [0.4, 0.5) is 0 Å². The fourth-order valence-electron chi connectivity index (χ4n) is 3.17. The lowest BCUT2D eigenvalue weighted by atomic mass is 10.1. The third-order valence-electron chi connectivity index (χ3n) is 4.99. The molecule has 6 nitrogen and oxygen atoms in total. The van der Waals surface area contributed by atoms with Gasteiger partial charge in [0.1, 0.15) is 0 Å². The zero-order valence-electron chi connectivity index (χ0n) is 15.1. The van der Waals surface area contributed by atoms with E-state index in [1.807, 2.05) is 11.7 Å². The summed E-state index contributed by atoms with van der Waals surface area (Å²) in [5, 5.41) is 12.8. The molecule has 1 fully saturated rings. The van der Waals surface area contributed by atoms with Gasteiger partial charge in [-0.05, 0) is 42.7 Å². The van der Waals surface area contributed by atoms with Gasteiger partial charge in [0, 0.05) is 7.05 Å². The van der Waals surface area contributed by atoms with Crippen molar-refractivity contribution >= 4 is 17.7 Å². The Morgan fingerprint density at radius 1 is 1.32 bits per heavy atom. The molecule has 134 valence electrons. The SMILES string of the molecule is Cc1ccc(C(C)N(C)C(=O)CSc2nnnn2C2CCCC2)cc1. The number of carbonyl (C=O) groups excluding carboxylic acids is 1. The molecular formula is C18H25N5OS. The van der Waals surface area contributed by atoms with E-state index >= 15 is 0 Å². The number of tetrazole rings is 1. The van der Waals surface area contributed by atoms with Crippen molar-refractivity contribution in [3.63, 3.8) is 0 Å². The van der Waals surface area contributed by atoms with Crippen LogP contribution in [0.1, 0.15) is 55.8 Å². The number of aromatic nitrogens is 4. The zero-order chi connectivity index (χ0) is 17.8. The van der Waals surface area contributed by atoms with Gasteiger partial charge in [0.25, 0.3) is 0 Å². The third kappa shape index (κ3) is 4.21. The normalized spacial score (nSPS) is 16.1. The molecular weight excluding hydrogens is 334 g/mol. The third-order valence-corrected chi connectivity index (χ3v) is 5.91. The Kier molecular flexibility index (Phi) is 5.73. The van der Waals surface area contributed by atoms with Crippen LogP contribution in [0.3, 0.4) is 0 Å². The molecule has 0 spiro atoms. The van der Waals surface area contributed by atoms with E-state index < -0.39 is 0 Å². The molecule has 25 heavy (non-hydrogen) atoms. The molecule has 1 saturated carbocycles.